The number of nitrogens with zero attached hydrogens (tertiary/aromatic N) is 1. The predicted octanol–water partition coefficient (Wildman–Crippen LogP) is -0.157. The molecule has 0 spiro atoms. The maximum absolute atomic E-state index is 11.6. The third-order valence-corrected chi connectivity index (χ3v) is 3.15. The summed E-state index contributed by atoms with van der Waals surface area (Å²) in [6.07, 6.45) is 1.21. The molecule has 0 radical (unpaired) electrons. The van der Waals surface area contributed by atoms with Crippen LogP contribution in [0.1, 0.15) is 13.3 Å². The summed E-state index contributed by atoms with van der Waals surface area (Å²) in [6, 6.07) is 0.542. The van der Waals surface area contributed by atoms with Crippen LogP contribution in [0, 0.1) is 5.92 Å². The number of likely N-dealkylation sites (tertiary alicyclic amines) is 1. The van der Waals surface area contributed by atoms with Crippen molar-refractivity contribution in [1.29, 1.82) is 0 Å². The van der Waals surface area contributed by atoms with Gasteiger partial charge in [-0.05, 0) is 25.8 Å². The van der Waals surface area contributed by atoms with E-state index in [4.69, 9.17) is 4.74 Å². The SMILES string of the molecule is CCOCC(=O)N1CC2CCNC2C1. The van der Waals surface area contributed by atoms with E-state index in [1.165, 1.54) is 6.42 Å². The average molecular weight is 198 g/mol. The van der Waals surface area contributed by atoms with Crippen molar-refractivity contribution >= 4 is 5.91 Å². The summed E-state index contributed by atoms with van der Waals surface area (Å²) in [5, 5.41) is 3.42. The van der Waals surface area contributed by atoms with Crippen molar-refractivity contribution in [2.45, 2.75) is 19.4 Å². The molecule has 2 saturated heterocycles. The highest BCUT2D eigenvalue weighted by Crippen LogP contribution is 2.24. The quantitative estimate of drug-likeness (QED) is 0.685. The number of nitrogens with one attached hydrogen (secondary N) is 1. The molecule has 2 heterocycles. The number of ether oxygens (including phenoxy) is 1. The van der Waals surface area contributed by atoms with Gasteiger partial charge in [0.15, 0.2) is 0 Å². The molecule has 0 aliphatic carbocycles. The first-order valence-electron chi connectivity index (χ1n) is 5.40. The summed E-state index contributed by atoms with van der Waals surface area (Å²) in [6.45, 7) is 5.68. The standard InChI is InChI=1S/C10H18N2O2/c1-2-14-7-10(13)12-5-8-3-4-11-9(8)6-12/h8-9,11H,2-7H2,1H3. The molecule has 80 valence electrons. The van der Waals surface area contributed by atoms with Gasteiger partial charge in [0, 0.05) is 25.7 Å². The van der Waals surface area contributed by atoms with E-state index in [9.17, 15) is 4.79 Å². The summed E-state index contributed by atoms with van der Waals surface area (Å²) in [7, 11) is 0. The summed E-state index contributed by atoms with van der Waals surface area (Å²) in [4.78, 5) is 13.5. The third-order valence-electron chi connectivity index (χ3n) is 3.15. The maximum atomic E-state index is 11.6. The Morgan fingerprint density at radius 3 is 3.14 bits per heavy atom. The average Bonchev–Trinajstić information content (AvgIpc) is 2.72. The van der Waals surface area contributed by atoms with Gasteiger partial charge < -0.3 is 15.0 Å². The van der Waals surface area contributed by atoms with Gasteiger partial charge in [-0.25, -0.2) is 0 Å². The molecular weight excluding hydrogens is 180 g/mol. The second kappa shape index (κ2) is 4.28. The molecule has 2 fully saturated rings. The number of hydrogen-bond donors (Lipinski definition) is 1. The normalized spacial score (nSPS) is 30.8. The van der Waals surface area contributed by atoms with E-state index in [2.05, 4.69) is 5.32 Å². The van der Waals surface area contributed by atoms with Gasteiger partial charge in [-0.15, -0.1) is 0 Å². The van der Waals surface area contributed by atoms with Gasteiger partial charge in [-0.2, -0.15) is 0 Å². The molecule has 0 bridgehead atoms. The number of rotatable bonds is 3. The summed E-state index contributed by atoms with van der Waals surface area (Å²) < 4.78 is 5.12. The van der Waals surface area contributed by atoms with Crippen LogP contribution in [0.5, 0.6) is 0 Å². The molecule has 2 aliphatic rings. The highest BCUT2D eigenvalue weighted by Gasteiger charge is 2.37. The van der Waals surface area contributed by atoms with Gasteiger partial charge in [-0.3, -0.25) is 4.79 Å². The number of carbonyl (C=O) groups is 1. The Hall–Kier alpha value is -0.610. The van der Waals surface area contributed by atoms with Crippen molar-refractivity contribution in [3.63, 3.8) is 0 Å². The van der Waals surface area contributed by atoms with Crippen molar-refractivity contribution in [3.8, 4) is 0 Å². The van der Waals surface area contributed by atoms with Crippen molar-refractivity contribution in [2.24, 2.45) is 5.92 Å². The Morgan fingerprint density at radius 1 is 1.57 bits per heavy atom. The smallest absolute Gasteiger partial charge is 0.248 e. The van der Waals surface area contributed by atoms with E-state index < -0.39 is 0 Å². The Labute approximate surface area is 84.6 Å². The van der Waals surface area contributed by atoms with E-state index >= 15 is 0 Å². The van der Waals surface area contributed by atoms with Gasteiger partial charge in [0.05, 0.1) is 0 Å². The lowest BCUT2D eigenvalue weighted by atomic mass is 10.1. The monoisotopic (exact) mass is 198 g/mol. The molecule has 0 aromatic rings. The second-order valence-electron chi connectivity index (χ2n) is 4.05. The number of amides is 1. The molecule has 2 rings (SSSR count). The fourth-order valence-corrected chi connectivity index (χ4v) is 2.33. The molecule has 4 heteroatoms. The molecule has 1 N–H and O–H groups in total. The van der Waals surface area contributed by atoms with Gasteiger partial charge in [0.25, 0.3) is 0 Å². The van der Waals surface area contributed by atoms with E-state index in [1.54, 1.807) is 0 Å². The first-order chi connectivity index (χ1) is 6.81. The zero-order chi connectivity index (χ0) is 9.97. The van der Waals surface area contributed by atoms with Crippen LogP contribution in [-0.4, -0.2) is 49.7 Å². The van der Waals surface area contributed by atoms with Gasteiger partial charge in [0.1, 0.15) is 6.61 Å². The second-order valence-corrected chi connectivity index (χ2v) is 4.05. The molecule has 2 unspecified atom stereocenters. The Kier molecular flexibility index (Phi) is 3.03. The summed E-state index contributed by atoms with van der Waals surface area (Å²) >= 11 is 0. The van der Waals surface area contributed by atoms with Crippen molar-refractivity contribution < 1.29 is 9.53 Å². The van der Waals surface area contributed by atoms with Crippen LogP contribution in [0.4, 0.5) is 0 Å². The first kappa shape index (κ1) is 9.93. The molecular formula is C10H18N2O2. The Balaban J connectivity index is 1.80. The van der Waals surface area contributed by atoms with E-state index in [0.29, 0.717) is 18.6 Å². The maximum Gasteiger partial charge on any atom is 0.248 e. The first-order valence-corrected chi connectivity index (χ1v) is 5.40. The number of fused-ring (bicyclic) bond motifs is 1. The van der Waals surface area contributed by atoms with E-state index in [1.807, 2.05) is 11.8 Å². The van der Waals surface area contributed by atoms with Crippen LogP contribution in [-0.2, 0) is 9.53 Å². The lowest BCUT2D eigenvalue weighted by Gasteiger charge is -2.16. The molecule has 4 nitrogen and oxygen atoms in total. The lowest BCUT2D eigenvalue weighted by Crippen LogP contribution is -2.36. The fraction of sp³-hybridized carbons (Fsp3) is 0.900. The van der Waals surface area contributed by atoms with Crippen LogP contribution in [0.2, 0.25) is 0 Å². The minimum Gasteiger partial charge on any atom is -0.372 e. The van der Waals surface area contributed by atoms with E-state index in [-0.39, 0.29) is 12.5 Å². The van der Waals surface area contributed by atoms with Gasteiger partial charge in [-0.1, -0.05) is 0 Å². The number of hydrogen-bond acceptors (Lipinski definition) is 3. The predicted molar refractivity (Wildman–Crippen MR) is 53.0 cm³/mol. The largest absolute Gasteiger partial charge is 0.372 e. The minimum absolute atomic E-state index is 0.142. The molecule has 0 aromatic carbocycles. The van der Waals surface area contributed by atoms with Gasteiger partial charge in [0.2, 0.25) is 5.91 Å². The topological polar surface area (TPSA) is 41.6 Å². The summed E-state index contributed by atoms with van der Waals surface area (Å²) in [5.41, 5.74) is 0. The summed E-state index contributed by atoms with van der Waals surface area (Å²) in [5.74, 6) is 0.823. The molecule has 0 saturated carbocycles. The highest BCUT2D eigenvalue weighted by atomic mass is 16.5. The van der Waals surface area contributed by atoms with Crippen molar-refractivity contribution in [1.82, 2.24) is 10.2 Å². The molecule has 0 aromatic heterocycles. The van der Waals surface area contributed by atoms with Crippen LogP contribution in [0.25, 0.3) is 0 Å². The molecule has 1 amide bonds. The van der Waals surface area contributed by atoms with Gasteiger partial charge >= 0.3 is 0 Å². The van der Waals surface area contributed by atoms with Crippen LogP contribution < -0.4 is 5.32 Å². The zero-order valence-electron chi connectivity index (χ0n) is 8.66. The molecule has 14 heavy (non-hydrogen) atoms. The van der Waals surface area contributed by atoms with Crippen molar-refractivity contribution in [2.75, 3.05) is 32.8 Å². The fourth-order valence-electron chi connectivity index (χ4n) is 2.33. The Morgan fingerprint density at radius 2 is 2.43 bits per heavy atom. The molecule has 2 atom stereocenters. The van der Waals surface area contributed by atoms with Crippen LogP contribution >= 0.6 is 0 Å². The van der Waals surface area contributed by atoms with E-state index in [0.717, 1.165) is 19.6 Å². The minimum atomic E-state index is 0.142. The Bertz CT molecular complexity index is 208. The lowest BCUT2D eigenvalue weighted by molar-refractivity contribution is -0.135. The zero-order valence-corrected chi connectivity index (χ0v) is 8.66. The van der Waals surface area contributed by atoms with Crippen molar-refractivity contribution in [3.05, 3.63) is 0 Å². The third kappa shape index (κ3) is 1.91. The van der Waals surface area contributed by atoms with Crippen LogP contribution in [0.3, 0.4) is 0 Å². The number of carbonyl (C=O) groups excluding carboxylic acids is 1. The highest BCUT2D eigenvalue weighted by molar-refractivity contribution is 5.77. The molecule has 2 aliphatic heterocycles. The van der Waals surface area contributed by atoms with Crippen LogP contribution in [0.15, 0.2) is 0 Å².